The van der Waals surface area contributed by atoms with Gasteiger partial charge in [0.15, 0.2) is 0 Å². The van der Waals surface area contributed by atoms with Gasteiger partial charge in [-0.05, 0) is 43.5 Å². The molecule has 0 aliphatic rings. The molecule has 0 spiro atoms. The molecule has 0 aromatic heterocycles. The van der Waals surface area contributed by atoms with Crippen LogP contribution in [0.1, 0.15) is 35.3 Å². The Kier molecular flexibility index (Phi) is 6.87. The molecular formula is C27H27NO5. The number of aliphatic carboxylic acids is 1. The van der Waals surface area contributed by atoms with Gasteiger partial charge < -0.3 is 20.3 Å². The van der Waals surface area contributed by atoms with E-state index in [0.717, 1.165) is 11.1 Å². The maximum Gasteiger partial charge on any atom is 0.328 e. The van der Waals surface area contributed by atoms with Crippen LogP contribution in [0.2, 0.25) is 0 Å². The molecule has 3 rings (SSSR count). The Bertz CT molecular complexity index is 1260. The van der Waals surface area contributed by atoms with Crippen molar-refractivity contribution in [1.82, 2.24) is 5.32 Å². The van der Waals surface area contributed by atoms with Gasteiger partial charge in [0.2, 0.25) is 0 Å². The molecule has 0 aliphatic carbocycles. The molecule has 3 N–H and O–H groups in total. The summed E-state index contributed by atoms with van der Waals surface area (Å²) in [6, 6.07) is 16.2. The number of benzene rings is 3. The van der Waals surface area contributed by atoms with Crippen molar-refractivity contribution in [2.24, 2.45) is 0 Å². The summed E-state index contributed by atoms with van der Waals surface area (Å²) in [5.41, 5.74) is 1.40. The Morgan fingerprint density at radius 2 is 1.73 bits per heavy atom. The van der Waals surface area contributed by atoms with E-state index in [1.807, 2.05) is 43.3 Å². The van der Waals surface area contributed by atoms with Crippen LogP contribution in [0.25, 0.3) is 16.8 Å². The molecule has 0 saturated carbocycles. The van der Waals surface area contributed by atoms with E-state index >= 15 is 0 Å². The predicted molar refractivity (Wildman–Crippen MR) is 130 cm³/mol. The summed E-state index contributed by atoms with van der Waals surface area (Å²) in [6.45, 7) is 8.91. The van der Waals surface area contributed by atoms with Gasteiger partial charge in [-0.1, -0.05) is 67.3 Å². The summed E-state index contributed by atoms with van der Waals surface area (Å²) >= 11 is 0. The van der Waals surface area contributed by atoms with Crippen molar-refractivity contribution in [3.63, 3.8) is 0 Å². The molecule has 0 saturated heterocycles. The zero-order chi connectivity index (χ0) is 24.2. The minimum absolute atomic E-state index is 0.0382. The lowest BCUT2D eigenvalue weighted by molar-refractivity contribution is -0.143. The topological polar surface area (TPSA) is 95.9 Å². The van der Waals surface area contributed by atoms with Crippen molar-refractivity contribution in [1.29, 1.82) is 0 Å². The number of aryl methyl sites for hydroxylation is 1. The van der Waals surface area contributed by atoms with Crippen LogP contribution in [0, 0.1) is 6.92 Å². The number of carboxylic acid groups (broad SMARTS) is 1. The number of hydrogen-bond acceptors (Lipinski definition) is 4. The molecule has 170 valence electrons. The molecule has 0 aliphatic heterocycles. The van der Waals surface area contributed by atoms with E-state index in [-0.39, 0.29) is 23.7 Å². The number of phenolic OH excluding ortho intramolecular Hbond substituents is 1. The lowest BCUT2D eigenvalue weighted by atomic mass is 10.0. The number of hydrogen-bond donors (Lipinski definition) is 3. The standard InChI is InChI=1S/C27H27NO5/c1-17(13-14-19-10-6-5-9-18(19)2)16-33-24-21-12-8-7-11-20(21)23(29)15-22(24)25(30)28-27(3,4)26(31)32/h5-15,29H,1,16H2,2-4H3,(H,28,30)(H,31,32)/b14-13-. The van der Waals surface area contributed by atoms with Gasteiger partial charge in [0.25, 0.3) is 5.91 Å². The predicted octanol–water partition coefficient (Wildman–Crippen LogP) is 5.10. The van der Waals surface area contributed by atoms with Crippen molar-refractivity contribution in [2.75, 3.05) is 6.61 Å². The quantitative estimate of drug-likeness (QED) is 0.420. The van der Waals surface area contributed by atoms with Gasteiger partial charge in [-0.2, -0.15) is 0 Å². The van der Waals surface area contributed by atoms with Crippen LogP contribution in [0.5, 0.6) is 11.5 Å². The molecule has 0 fully saturated rings. The Morgan fingerprint density at radius 1 is 1.09 bits per heavy atom. The first-order valence-electron chi connectivity index (χ1n) is 10.4. The van der Waals surface area contributed by atoms with Gasteiger partial charge >= 0.3 is 5.97 Å². The average molecular weight is 446 g/mol. The normalized spacial score (nSPS) is 11.5. The van der Waals surface area contributed by atoms with Crippen LogP contribution in [0.15, 0.2) is 72.8 Å². The zero-order valence-electron chi connectivity index (χ0n) is 18.9. The number of nitrogens with one attached hydrogen (secondary N) is 1. The number of carbonyl (C=O) groups is 2. The summed E-state index contributed by atoms with van der Waals surface area (Å²) in [4.78, 5) is 24.4. The van der Waals surface area contributed by atoms with E-state index in [9.17, 15) is 19.8 Å². The lowest BCUT2D eigenvalue weighted by Gasteiger charge is -2.22. The number of ether oxygens (including phenoxy) is 1. The third-order valence-corrected chi connectivity index (χ3v) is 5.27. The number of fused-ring (bicyclic) bond motifs is 1. The highest BCUT2D eigenvalue weighted by atomic mass is 16.5. The van der Waals surface area contributed by atoms with Crippen LogP contribution in [-0.2, 0) is 4.79 Å². The van der Waals surface area contributed by atoms with Crippen molar-refractivity contribution < 1.29 is 24.5 Å². The summed E-state index contributed by atoms with van der Waals surface area (Å²) in [7, 11) is 0. The first kappa shape index (κ1) is 23.6. The Hall–Kier alpha value is -4.06. The van der Waals surface area contributed by atoms with Gasteiger partial charge in [0, 0.05) is 10.8 Å². The highest BCUT2D eigenvalue weighted by Crippen LogP contribution is 2.36. The minimum Gasteiger partial charge on any atom is -0.507 e. The number of amides is 1. The van der Waals surface area contributed by atoms with Gasteiger partial charge in [0.1, 0.15) is 23.6 Å². The molecule has 6 nitrogen and oxygen atoms in total. The Labute approximate surface area is 192 Å². The molecule has 0 unspecified atom stereocenters. The Balaban J connectivity index is 1.92. The molecule has 3 aromatic carbocycles. The summed E-state index contributed by atoms with van der Waals surface area (Å²) in [6.07, 6.45) is 3.79. The smallest absolute Gasteiger partial charge is 0.328 e. The van der Waals surface area contributed by atoms with Crippen molar-refractivity contribution in [2.45, 2.75) is 26.3 Å². The maximum atomic E-state index is 13.0. The van der Waals surface area contributed by atoms with E-state index in [1.165, 1.54) is 19.9 Å². The van der Waals surface area contributed by atoms with Gasteiger partial charge in [-0.15, -0.1) is 0 Å². The zero-order valence-corrected chi connectivity index (χ0v) is 18.9. The van der Waals surface area contributed by atoms with Crippen LogP contribution in [0.4, 0.5) is 0 Å². The molecule has 6 heteroatoms. The van der Waals surface area contributed by atoms with Gasteiger partial charge in [0.05, 0.1) is 5.56 Å². The lowest BCUT2D eigenvalue weighted by Crippen LogP contribution is -2.49. The average Bonchev–Trinajstić information content (AvgIpc) is 2.77. The number of rotatable bonds is 8. The summed E-state index contributed by atoms with van der Waals surface area (Å²) < 4.78 is 6.01. The Morgan fingerprint density at radius 3 is 2.39 bits per heavy atom. The first-order valence-corrected chi connectivity index (χ1v) is 10.4. The fraction of sp³-hybridized carbons (Fsp3) is 0.185. The summed E-state index contributed by atoms with van der Waals surface area (Å²) in [5, 5.41) is 23.4. The van der Waals surface area contributed by atoms with Crippen LogP contribution in [-0.4, -0.2) is 34.2 Å². The molecule has 1 amide bonds. The highest BCUT2D eigenvalue weighted by Gasteiger charge is 2.31. The molecule has 3 aromatic rings. The second kappa shape index (κ2) is 9.61. The number of phenols is 1. The van der Waals surface area contributed by atoms with Gasteiger partial charge in [-0.25, -0.2) is 4.79 Å². The summed E-state index contributed by atoms with van der Waals surface area (Å²) in [5.74, 6) is -1.71. The second-order valence-electron chi connectivity index (χ2n) is 8.34. The van der Waals surface area contributed by atoms with Crippen LogP contribution >= 0.6 is 0 Å². The minimum atomic E-state index is -1.50. The molecule has 0 radical (unpaired) electrons. The first-order chi connectivity index (χ1) is 15.6. The number of carboxylic acids is 1. The SMILES string of the molecule is C=C(/C=C\c1ccccc1C)COc1c(C(=O)NC(C)(C)C(=O)O)cc(O)c2ccccc12. The third-order valence-electron chi connectivity index (χ3n) is 5.27. The van der Waals surface area contributed by atoms with E-state index in [2.05, 4.69) is 11.9 Å². The van der Waals surface area contributed by atoms with E-state index in [1.54, 1.807) is 24.3 Å². The fourth-order valence-electron chi connectivity index (χ4n) is 3.25. The van der Waals surface area contributed by atoms with E-state index in [0.29, 0.717) is 16.3 Å². The monoisotopic (exact) mass is 445 g/mol. The second-order valence-corrected chi connectivity index (χ2v) is 8.34. The van der Waals surface area contributed by atoms with Crippen molar-refractivity contribution in [3.05, 3.63) is 89.5 Å². The van der Waals surface area contributed by atoms with E-state index < -0.39 is 17.4 Å². The molecule has 33 heavy (non-hydrogen) atoms. The number of carbonyl (C=O) groups excluding carboxylic acids is 1. The molecule has 0 bridgehead atoms. The highest BCUT2D eigenvalue weighted by molar-refractivity contribution is 6.07. The number of aromatic hydroxyl groups is 1. The van der Waals surface area contributed by atoms with Gasteiger partial charge in [-0.3, -0.25) is 4.79 Å². The van der Waals surface area contributed by atoms with Crippen LogP contribution in [0.3, 0.4) is 0 Å². The molecule has 0 atom stereocenters. The largest absolute Gasteiger partial charge is 0.507 e. The fourth-order valence-corrected chi connectivity index (χ4v) is 3.25. The molecular weight excluding hydrogens is 418 g/mol. The van der Waals surface area contributed by atoms with Crippen molar-refractivity contribution >= 4 is 28.7 Å². The maximum absolute atomic E-state index is 13.0. The third kappa shape index (κ3) is 5.41. The van der Waals surface area contributed by atoms with E-state index in [4.69, 9.17) is 4.74 Å². The van der Waals surface area contributed by atoms with Crippen LogP contribution < -0.4 is 10.1 Å². The van der Waals surface area contributed by atoms with Crippen molar-refractivity contribution in [3.8, 4) is 11.5 Å². The molecule has 0 heterocycles.